The molecule has 1 heterocycles. The van der Waals surface area contributed by atoms with Crippen LogP contribution in [0.2, 0.25) is 5.02 Å². The first-order valence-corrected chi connectivity index (χ1v) is 9.15. The molecule has 0 radical (unpaired) electrons. The highest BCUT2D eigenvalue weighted by atomic mass is 127. The number of hydrogen-bond donors (Lipinski definition) is 0. The van der Waals surface area contributed by atoms with Crippen molar-refractivity contribution < 1.29 is 4.74 Å². The average molecular weight is 413 g/mol. The zero-order valence-electron chi connectivity index (χ0n) is 11.8. The van der Waals surface area contributed by atoms with E-state index >= 15 is 0 Å². The molecule has 0 saturated carbocycles. The summed E-state index contributed by atoms with van der Waals surface area (Å²) in [4.78, 5) is 0. The van der Waals surface area contributed by atoms with Gasteiger partial charge in [0.15, 0.2) is 0 Å². The number of benzene rings is 2. The second kappa shape index (κ2) is 6.67. The van der Waals surface area contributed by atoms with E-state index in [1.807, 2.05) is 12.1 Å². The van der Waals surface area contributed by atoms with Gasteiger partial charge in [-0.05, 0) is 46.1 Å². The number of ether oxygens (including phenoxy) is 1. The van der Waals surface area contributed by atoms with Crippen LogP contribution < -0.4 is 0 Å². The lowest BCUT2D eigenvalue weighted by Crippen LogP contribution is -2.37. The van der Waals surface area contributed by atoms with E-state index in [0.717, 1.165) is 29.1 Å². The molecular weight excluding hydrogens is 395 g/mol. The SMILES string of the molecule is Clc1ccc(C2(CCCI)COCc3ccccc32)cc1. The van der Waals surface area contributed by atoms with Crippen molar-refractivity contribution in [1.82, 2.24) is 0 Å². The molecule has 0 saturated heterocycles. The molecule has 2 aromatic rings. The van der Waals surface area contributed by atoms with E-state index in [1.165, 1.54) is 23.1 Å². The second-order valence-electron chi connectivity index (χ2n) is 5.53. The van der Waals surface area contributed by atoms with Gasteiger partial charge in [-0.15, -0.1) is 0 Å². The van der Waals surface area contributed by atoms with Crippen LogP contribution in [0.25, 0.3) is 0 Å². The molecule has 0 bridgehead atoms. The standard InChI is InChI=1S/C18H18ClIO/c19-16-8-6-15(7-9-16)18(10-3-11-20)13-21-12-14-4-1-2-5-17(14)18/h1-2,4-9H,3,10-13H2. The minimum atomic E-state index is -0.0371. The van der Waals surface area contributed by atoms with E-state index < -0.39 is 0 Å². The molecule has 21 heavy (non-hydrogen) atoms. The molecule has 110 valence electrons. The third-order valence-corrected chi connectivity index (χ3v) is 5.29. The fourth-order valence-corrected chi connectivity index (χ4v) is 3.76. The van der Waals surface area contributed by atoms with Crippen LogP contribution >= 0.6 is 34.2 Å². The van der Waals surface area contributed by atoms with Gasteiger partial charge in [0, 0.05) is 10.4 Å². The Morgan fingerprint density at radius 1 is 1.10 bits per heavy atom. The second-order valence-corrected chi connectivity index (χ2v) is 7.05. The summed E-state index contributed by atoms with van der Waals surface area (Å²) in [6, 6.07) is 17.0. The molecule has 3 heteroatoms. The molecule has 1 atom stereocenters. The quantitative estimate of drug-likeness (QED) is 0.484. The Bertz CT molecular complexity index is 611. The highest BCUT2D eigenvalue weighted by Gasteiger charge is 2.38. The van der Waals surface area contributed by atoms with Crippen LogP contribution in [0, 0.1) is 0 Å². The van der Waals surface area contributed by atoms with Crippen molar-refractivity contribution in [3.8, 4) is 0 Å². The van der Waals surface area contributed by atoms with E-state index in [4.69, 9.17) is 16.3 Å². The summed E-state index contributed by atoms with van der Waals surface area (Å²) < 4.78 is 7.12. The third-order valence-electron chi connectivity index (χ3n) is 4.27. The Balaban J connectivity index is 2.12. The Kier molecular flexibility index (Phi) is 4.87. The fraction of sp³-hybridized carbons (Fsp3) is 0.333. The normalized spacial score (nSPS) is 21.0. The van der Waals surface area contributed by atoms with Crippen molar-refractivity contribution in [2.45, 2.75) is 24.9 Å². The van der Waals surface area contributed by atoms with Crippen LogP contribution in [0.4, 0.5) is 0 Å². The van der Waals surface area contributed by atoms with Gasteiger partial charge in [-0.25, -0.2) is 0 Å². The molecule has 0 aliphatic carbocycles. The molecular formula is C18H18ClIO. The number of halogens is 2. The summed E-state index contributed by atoms with van der Waals surface area (Å²) in [6.45, 7) is 1.47. The highest BCUT2D eigenvalue weighted by molar-refractivity contribution is 14.1. The van der Waals surface area contributed by atoms with Crippen LogP contribution in [0.1, 0.15) is 29.5 Å². The first kappa shape index (κ1) is 15.3. The molecule has 1 nitrogen and oxygen atoms in total. The Morgan fingerprint density at radius 3 is 2.62 bits per heavy atom. The molecule has 0 spiro atoms. The maximum absolute atomic E-state index is 6.07. The van der Waals surface area contributed by atoms with E-state index in [2.05, 4.69) is 59.0 Å². The van der Waals surface area contributed by atoms with Crippen molar-refractivity contribution in [1.29, 1.82) is 0 Å². The van der Waals surface area contributed by atoms with Crippen molar-refractivity contribution >= 4 is 34.2 Å². The largest absolute Gasteiger partial charge is 0.375 e. The summed E-state index contributed by atoms with van der Waals surface area (Å²) in [5, 5.41) is 0.785. The highest BCUT2D eigenvalue weighted by Crippen LogP contribution is 2.42. The van der Waals surface area contributed by atoms with E-state index in [0.29, 0.717) is 0 Å². The molecule has 0 fully saturated rings. The molecule has 1 aliphatic heterocycles. The Morgan fingerprint density at radius 2 is 1.86 bits per heavy atom. The molecule has 0 amide bonds. The molecule has 0 N–H and O–H groups in total. The van der Waals surface area contributed by atoms with Gasteiger partial charge in [-0.1, -0.05) is 70.6 Å². The summed E-state index contributed by atoms with van der Waals surface area (Å²) in [5.41, 5.74) is 4.00. The van der Waals surface area contributed by atoms with Gasteiger partial charge >= 0.3 is 0 Å². The van der Waals surface area contributed by atoms with Crippen molar-refractivity contribution in [3.05, 3.63) is 70.2 Å². The first-order valence-electron chi connectivity index (χ1n) is 7.24. The molecule has 1 unspecified atom stereocenters. The molecule has 1 aliphatic rings. The van der Waals surface area contributed by atoms with Crippen LogP contribution in [0.3, 0.4) is 0 Å². The average Bonchev–Trinajstić information content (AvgIpc) is 2.53. The Hall–Kier alpha value is -0.580. The van der Waals surface area contributed by atoms with Gasteiger partial charge in [0.05, 0.1) is 13.2 Å². The summed E-state index contributed by atoms with van der Waals surface area (Å²) in [7, 11) is 0. The lowest BCUT2D eigenvalue weighted by molar-refractivity contribution is 0.0619. The smallest absolute Gasteiger partial charge is 0.0720 e. The van der Waals surface area contributed by atoms with Gasteiger partial charge < -0.3 is 4.74 Å². The number of hydrogen-bond acceptors (Lipinski definition) is 1. The first-order chi connectivity index (χ1) is 10.3. The lowest BCUT2D eigenvalue weighted by atomic mass is 9.69. The number of alkyl halides is 1. The van der Waals surface area contributed by atoms with E-state index in [9.17, 15) is 0 Å². The molecule has 2 aromatic carbocycles. The van der Waals surface area contributed by atoms with Crippen LogP contribution in [0.15, 0.2) is 48.5 Å². The summed E-state index contributed by atoms with van der Waals surface area (Å²) in [5.74, 6) is 0. The Labute approximate surface area is 144 Å². The minimum absolute atomic E-state index is 0.0371. The minimum Gasteiger partial charge on any atom is -0.375 e. The zero-order valence-corrected chi connectivity index (χ0v) is 14.7. The van der Waals surface area contributed by atoms with Gasteiger partial charge in [-0.3, -0.25) is 0 Å². The number of fused-ring (bicyclic) bond motifs is 1. The van der Waals surface area contributed by atoms with E-state index in [-0.39, 0.29) is 5.41 Å². The predicted octanol–water partition coefficient (Wildman–Crippen LogP) is 5.37. The predicted molar refractivity (Wildman–Crippen MR) is 96.5 cm³/mol. The maximum atomic E-state index is 6.07. The number of rotatable bonds is 4. The van der Waals surface area contributed by atoms with Crippen LogP contribution in [0.5, 0.6) is 0 Å². The van der Waals surface area contributed by atoms with Crippen molar-refractivity contribution in [3.63, 3.8) is 0 Å². The van der Waals surface area contributed by atoms with Gasteiger partial charge in [-0.2, -0.15) is 0 Å². The third kappa shape index (κ3) is 2.99. The van der Waals surface area contributed by atoms with Crippen molar-refractivity contribution in [2.75, 3.05) is 11.0 Å². The zero-order chi connectivity index (χ0) is 14.7. The van der Waals surface area contributed by atoms with E-state index in [1.54, 1.807) is 0 Å². The van der Waals surface area contributed by atoms with Crippen molar-refractivity contribution in [2.24, 2.45) is 0 Å². The van der Waals surface area contributed by atoms with Gasteiger partial charge in [0.2, 0.25) is 0 Å². The van der Waals surface area contributed by atoms with Gasteiger partial charge in [0.25, 0.3) is 0 Å². The lowest BCUT2D eigenvalue weighted by Gasteiger charge is -2.39. The fourth-order valence-electron chi connectivity index (χ4n) is 3.25. The van der Waals surface area contributed by atoms with Crippen LogP contribution in [-0.4, -0.2) is 11.0 Å². The monoisotopic (exact) mass is 412 g/mol. The molecule has 0 aromatic heterocycles. The summed E-state index contributed by atoms with van der Waals surface area (Å²) >= 11 is 8.52. The molecule has 3 rings (SSSR count). The maximum Gasteiger partial charge on any atom is 0.0720 e. The van der Waals surface area contributed by atoms with Gasteiger partial charge in [0.1, 0.15) is 0 Å². The van der Waals surface area contributed by atoms with Crippen LogP contribution in [-0.2, 0) is 16.8 Å². The summed E-state index contributed by atoms with van der Waals surface area (Å²) in [6.07, 6.45) is 2.29. The topological polar surface area (TPSA) is 9.23 Å².